The largest absolute Gasteiger partial charge is 0.508 e. The second-order valence-corrected chi connectivity index (χ2v) is 2.69. The Hall–Kier alpha value is -1.95. The zero-order valence-electron chi connectivity index (χ0n) is 7.90. The van der Waals surface area contributed by atoms with E-state index in [9.17, 15) is 5.11 Å². The zero-order chi connectivity index (χ0) is 10.4. The fourth-order valence-electron chi connectivity index (χ4n) is 1.08. The van der Waals surface area contributed by atoms with Gasteiger partial charge in [0, 0.05) is 11.6 Å². The van der Waals surface area contributed by atoms with Crippen LogP contribution in [0.15, 0.2) is 24.3 Å². The van der Waals surface area contributed by atoms with Crippen molar-refractivity contribution in [2.24, 2.45) is 0 Å². The highest BCUT2D eigenvalue weighted by atomic mass is 16.5. The molecule has 3 nitrogen and oxygen atoms in total. The number of phenols is 1. The topological polar surface area (TPSA) is 53.2 Å². The third-order valence-electron chi connectivity index (χ3n) is 1.72. The zero-order valence-corrected chi connectivity index (χ0v) is 7.90. The lowest BCUT2D eigenvalue weighted by molar-refractivity contribution is 0.407. The molecule has 0 atom stereocenters. The van der Waals surface area contributed by atoms with Crippen molar-refractivity contribution >= 4 is 6.08 Å². The molecule has 0 bridgehead atoms. The SMILES string of the molecule is COc1cc(O)ccc1C=CCC#N. The summed E-state index contributed by atoms with van der Waals surface area (Å²) in [6, 6.07) is 6.86. The second-order valence-electron chi connectivity index (χ2n) is 2.69. The van der Waals surface area contributed by atoms with Crippen LogP contribution in [0.3, 0.4) is 0 Å². The van der Waals surface area contributed by atoms with E-state index in [2.05, 4.69) is 0 Å². The molecule has 3 heteroatoms. The van der Waals surface area contributed by atoms with Gasteiger partial charge in [0.15, 0.2) is 0 Å². The van der Waals surface area contributed by atoms with E-state index < -0.39 is 0 Å². The van der Waals surface area contributed by atoms with Gasteiger partial charge in [-0.2, -0.15) is 5.26 Å². The van der Waals surface area contributed by atoms with E-state index in [1.54, 1.807) is 24.3 Å². The lowest BCUT2D eigenvalue weighted by Crippen LogP contribution is -1.85. The number of hydrogen-bond donors (Lipinski definition) is 1. The maximum atomic E-state index is 9.18. The van der Waals surface area contributed by atoms with E-state index in [-0.39, 0.29) is 5.75 Å². The van der Waals surface area contributed by atoms with Gasteiger partial charge in [-0.05, 0) is 12.1 Å². The van der Waals surface area contributed by atoms with Gasteiger partial charge in [-0.1, -0.05) is 12.2 Å². The molecule has 1 N–H and O–H groups in total. The predicted octanol–water partition coefficient (Wildman–Crippen LogP) is 2.33. The number of rotatable bonds is 3. The van der Waals surface area contributed by atoms with Gasteiger partial charge >= 0.3 is 0 Å². The molecular weight excluding hydrogens is 178 g/mol. The van der Waals surface area contributed by atoms with E-state index in [0.717, 1.165) is 5.56 Å². The van der Waals surface area contributed by atoms with Crippen LogP contribution in [0, 0.1) is 11.3 Å². The van der Waals surface area contributed by atoms with Crippen LogP contribution in [0.5, 0.6) is 11.5 Å². The summed E-state index contributed by atoms with van der Waals surface area (Å²) < 4.78 is 5.06. The molecular formula is C11H11NO2. The highest BCUT2D eigenvalue weighted by Gasteiger charge is 1.99. The van der Waals surface area contributed by atoms with E-state index in [1.165, 1.54) is 13.2 Å². The van der Waals surface area contributed by atoms with Crippen LogP contribution in [0.1, 0.15) is 12.0 Å². The minimum absolute atomic E-state index is 0.166. The van der Waals surface area contributed by atoms with Crippen LogP contribution in [0.2, 0.25) is 0 Å². The van der Waals surface area contributed by atoms with Crippen molar-refractivity contribution in [3.63, 3.8) is 0 Å². The average Bonchev–Trinajstić information content (AvgIpc) is 2.20. The molecule has 0 heterocycles. The number of nitrogens with zero attached hydrogens (tertiary/aromatic N) is 1. The summed E-state index contributed by atoms with van der Waals surface area (Å²) in [5.41, 5.74) is 0.848. The summed E-state index contributed by atoms with van der Waals surface area (Å²) in [6.07, 6.45) is 3.90. The van der Waals surface area contributed by atoms with Crippen molar-refractivity contribution in [2.45, 2.75) is 6.42 Å². The normalized spacial score (nSPS) is 10.0. The van der Waals surface area contributed by atoms with E-state index in [0.29, 0.717) is 12.2 Å². The molecule has 0 aliphatic rings. The van der Waals surface area contributed by atoms with Crippen LogP contribution in [0.4, 0.5) is 0 Å². The number of allylic oxidation sites excluding steroid dienone is 1. The standard InChI is InChI=1S/C11H11NO2/c1-14-11-8-10(13)6-5-9(11)4-2-3-7-12/h2,4-6,8,13H,3H2,1H3. The molecule has 0 unspecified atom stereocenters. The van der Waals surface area contributed by atoms with Gasteiger partial charge in [-0.15, -0.1) is 0 Å². The Kier molecular flexibility index (Phi) is 3.57. The fraction of sp³-hybridized carbons (Fsp3) is 0.182. The quantitative estimate of drug-likeness (QED) is 0.793. The van der Waals surface area contributed by atoms with Crippen LogP contribution in [-0.4, -0.2) is 12.2 Å². The summed E-state index contributed by atoms with van der Waals surface area (Å²) in [6.45, 7) is 0. The monoisotopic (exact) mass is 189 g/mol. The Morgan fingerprint density at radius 3 is 3.00 bits per heavy atom. The van der Waals surface area contributed by atoms with Crippen molar-refractivity contribution in [2.75, 3.05) is 7.11 Å². The van der Waals surface area contributed by atoms with Crippen molar-refractivity contribution in [3.05, 3.63) is 29.8 Å². The van der Waals surface area contributed by atoms with Crippen LogP contribution < -0.4 is 4.74 Å². The summed E-state index contributed by atoms with van der Waals surface area (Å²) in [4.78, 5) is 0. The first kappa shape index (κ1) is 10.1. The highest BCUT2D eigenvalue weighted by molar-refractivity contribution is 5.59. The summed E-state index contributed by atoms with van der Waals surface area (Å²) in [7, 11) is 1.54. The maximum absolute atomic E-state index is 9.18. The first-order chi connectivity index (χ1) is 6.77. The van der Waals surface area contributed by atoms with Gasteiger partial charge in [-0.25, -0.2) is 0 Å². The Morgan fingerprint density at radius 1 is 1.57 bits per heavy atom. The molecule has 1 aromatic carbocycles. The van der Waals surface area contributed by atoms with Crippen molar-refractivity contribution in [3.8, 4) is 17.6 Å². The molecule has 72 valence electrons. The third-order valence-corrected chi connectivity index (χ3v) is 1.72. The molecule has 0 fully saturated rings. The van der Waals surface area contributed by atoms with Gasteiger partial charge < -0.3 is 9.84 Å². The smallest absolute Gasteiger partial charge is 0.129 e. The molecule has 0 amide bonds. The second kappa shape index (κ2) is 4.93. The fourth-order valence-corrected chi connectivity index (χ4v) is 1.08. The van der Waals surface area contributed by atoms with Crippen LogP contribution >= 0.6 is 0 Å². The minimum atomic E-state index is 0.166. The van der Waals surface area contributed by atoms with Gasteiger partial charge in [0.2, 0.25) is 0 Å². The third kappa shape index (κ3) is 2.53. The summed E-state index contributed by atoms with van der Waals surface area (Å²) in [5, 5.41) is 17.5. The predicted molar refractivity (Wildman–Crippen MR) is 53.9 cm³/mol. The molecule has 0 saturated heterocycles. The number of benzene rings is 1. The number of phenolic OH excluding ortho intramolecular Hbond substituents is 1. The summed E-state index contributed by atoms with van der Waals surface area (Å²) >= 11 is 0. The lowest BCUT2D eigenvalue weighted by atomic mass is 10.1. The molecule has 14 heavy (non-hydrogen) atoms. The van der Waals surface area contributed by atoms with E-state index in [1.807, 2.05) is 6.07 Å². The molecule has 0 radical (unpaired) electrons. The molecule has 0 aliphatic carbocycles. The average molecular weight is 189 g/mol. The van der Waals surface area contributed by atoms with Gasteiger partial charge in [0.05, 0.1) is 19.6 Å². The molecule has 0 aromatic heterocycles. The van der Waals surface area contributed by atoms with Crippen molar-refractivity contribution in [1.82, 2.24) is 0 Å². The first-order valence-electron chi connectivity index (χ1n) is 4.18. The van der Waals surface area contributed by atoms with E-state index in [4.69, 9.17) is 10.00 Å². The molecule has 0 saturated carbocycles. The maximum Gasteiger partial charge on any atom is 0.129 e. The Morgan fingerprint density at radius 2 is 2.36 bits per heavy atom. The Labute approximate surface area is 82.9 Å². The number of methoxy groups -OCH3 is 1. The lowest BCUT2D eigenvalue weighted by Gasteiger charge is -2.04. The van der Waals surface area contributed by atoms with Crippen LogP contribution in [-0.2, 0) is 0 Å². The minimum Gasteiger partial charge on any atom is -0.508 e. The molecule has 0 spiro atoms. The van der Waals surface area contributed by atoms with Crippen LogP contribution in [0.25, 0.3) is 6.08 Å². The Balaban J connectivity index is 2.92. The highest BCUT2D eigenvalue weighted by Crippen LogP contribution is 2.24. The van der Waals surface area contributed by atoms with Gasteiger partial charge in [-0.3, -0.25) is 0 Å². The first-order valence-corrected chi connectivity index (χ1v) is 4.18. The summed E-state index contributed by atoms with van der Waals surface area (Å²) in [5.74, 6) is 0.762. The number of nitriles is 1. The number of ether oxygens (including phenoxy) is 1. The van der Waals surface area contributed by atoms with E-state index >= 15 is 0 Å². The van der Waals surface area contributed by atoms with Gasteiger partial charge in [0.1, 0.15) is 11.5 Å². The number of aromatic hydroxyl groups is 1. The Bertz CT molecular complexity index is 377. The number of hydrogen-bond acceptors (Lipinski definition) is 3. The van der Waals surface area contributed by atoms with Crippen molar-refractivity contribution in [1.29, 1.82) is 5.26 Å². The molecule has 1 rings (SSSR count). The van der Waals surface area contributed by atoms with Gasteiger partial charge in [0.25, 0.3) is 0 Å². The molecule has 1 aromatic rings. The molecule has 0 aliphatic heterocycles. The van der Waals surface area contributed by atoms with Crippen molar-refractivity contribution < 1.29 is 9.84 Å².